The summed E-state index contributed by atoms with van der Waals surface area (Å²) in [6, 6.07) is 23.9. The highest BCUT2D eigenvalue weighted by Gasteiger charge is 2.17. The molecule has 0 radical (unpaired) electrons. The first kappa shape index (κ1) is 18.2. The molecule has 0 saturated carbocycles. The standard InChI is InChI=1S/C23H16N4O2S/c1-26-18-13-7-8-14-19(18)30-23(26)24-21(28)20-16-11-5-6-12-17(16)22(29)27(25-20)15-9-3-2-4-10-15/h2-14H,1H3. The first-order valence-electron chi connectivity index (χ1n) is 9.34. The first-order chi connectivity index (χ1) is 14.6. The average Bonchev–Trinajstić information content (AvgIpc) is 3.10. The Morgan fingerprint density at radius 1 is 0.900 bits per heavy atom. The lowest BCUT2D eigenvalue weighted by molar-refractivity contribution is 0.0993. The highest BCUT2D eigenvalue weighted by molar-refractivity contribution is 7.16. The van der Waals surface area contributed by atoms with Gasteiger partial charge in [-0.1, -0.05) is 59.9 Å². The van der Waals surface area contributed by atoms with Crippen LogP contribution in [0.15, 0.2) is 88.6 Å². The molecular weight excluding hydrogens is 396 g/mol. The van der Waals surface area contributed by atoms with Crippen LogP contribution < -0.4 is 10.4 Å². The lowest BCUT2D eigenvalue weighted by Crippen LogP contribution is -2.25. The summed E-state index contributed by atoms with van der Waals surface area (Å²) in [6.07, 6.45) is 0. The number of aromatic nitrogens is 3. The van der Waals surface area contributed by atoms with Crippen molar-refractivity contribution in [1.29, 1.82) is 0 Å². The van der Waals surface area contributed by atoms with Crippen molar-refractivity contribution < 1.29 is 4.79 Å². The molecule has 3 aromatic carbocycles. The second-order valence-corrected chi connectivity index (χ2v) is 7.78. The Balaban J connectivity index is 1.76. The van der Waals surface area contributed by atoms with Crippen molar-refractivity contribution in [3.05, 3.63) is 99.7 Å². The lowest BCUT2D eigenvalue weighted by atomic mass is 10.1. The Bertz CT molecular complexity index is 1540. The number of carbonyl (C=O) groups excluding carboxylic acids is 1. The SMILES string of the molecule is Cn1c(=NC(=O)c2nn(-c3ccccc3)c(=O)c3ccccc23)sc2ccccc21. The molecule has 0 saturated heterocycles. The number of aryl methyl sites for hydroxylation is 1. The van der Waals surface area contributed by atoms with E-state index < -0.39 is 5.91 Å². The molecule has 5 rings (SSSR count). The molecule has 0 unspecified atom stereocenters. The van der Waals surface area contributed by atoms with E-state index in [2.05, 4.69) is 10.1 Å². The van der Waals surface area contributed by atoms with Crippen molar-refractivity contribution in [2.75, 3.05) is 0 Å². The molecule has 146 valence electrons. The van der Waals surface area contributed by atoms with E-state index in [-0.39, 0.29) is 11.3 Å². The van der Waals surface area contributed by atoms with Gasteiger partial charge in [0.1, 0.15) is 0 Å². The van der Waals surface area contributed by atoms with Crippen LogP contribution in [0, 0.1) is 0 Å². The molecule has 0 fully saturated rings. The van der Waals surface area contributed by atoms with Crippen molar-refractivity contribution in [3.8, 4) is 5.69 Å². The normalized spacial score (nSPS) is 12.0. The number of nitrogens with zero attached hydrogens (tertiary/aromatic N) is 4. The summed E-state index contributed by atoms with van der Waals surface area (Å²) in [5.74, 6) is -0.488. The number of thiazole rings is 1. The van der Waals surface area contributed by atoms with Gasteiger partial charge in [-0.15, -0.1) is 0 Å². The quantitative estimate of drug-likeness (QED) is 0.444. The molecule has 2 aromatic heterocycles. The predicted molar refractivity (Wildman–Crippen MR) is 118 cm³/mol. The zero-order valence-corrected chi connectivity index (χ0v) is 16.8. The average molecular weight is 412 g/mol. The fraction of sp³-hybridized carbons (Fsp3) is 0.0435. The minimum atomic E-state index is -0.488. The van der Waals surface area contributed by atoms with E-state index in [1.165, 1.54) is 16.0 Å². The van der Waals surface area contributed by atoms with E-state index in [1.807, 2.05) is 54.1 Å². The maximum Gasteiger partial charge on any atom is 0.300 e. The first-order valence-corrected chi connectivity index (χ1v) is 10.2. The molecule has 2 heterocycles. The summed E-state index contributed by atoms with van der Waals surface area (Å²) in [5.41, 5.74) is 1.46. The molecule has 0 atom stereocenters. The summed E-state index contributed by atoms with van der Waals surface area (Å²) in [7, 11) is 1.88. The third-order valence-corrected chi connectivity index (χ3v) is 6.03. The largest absolute Gasteiger partial charge is 0.319 e. The molecule has 0 aliphatic heterocycles. The number of amides is 1. The Labute approximate surface area is 175 Å². The van der Waals surface area contributed by atoms with Crippen LogP contribution in [0.4, 0.5) is 0 Å². The van der Waals surface area contributed by atoms with Crippen LogP contribution in [0.25, 0.3) is 26.7 Å². The smallest absolute Gasteiger partial charge is 0.300 e. The number of hydrogen-bond acceptors (Lipinski definition) is 4. The minimum Gasteiger partial charge on any atom is -0.319 e. The van der Waals surface area contributed by atoms with Gasteiger partial charge in [0.05, 0.1) is 21.3 Å². The molecule has 0 aliphatic carbocycles. The van der Waals surface area contributed by atoms with Gasteiger partial charge in [0.15, 0.2) is 10.5 Å². The summed E-state index contributed by atoms with van der Waals surface area (Å²) in [6.45, 7) is 0. The molecule has 0 spiro atoms. The topological polar surface area (TPSA) is 69.2 Å². The van der Waals surface area contributed by atoms with E-state index in [0.29, 0.717) is 21.3 Å². The van der Waals surface area contributed by atoms with Crippen LogP contribution in [-0.2, 0) is 7.05 Å². The van der Waals surface area contributed by atoms with Crippen LogP contribution in [0.3, 0.4) is 0 Å². The second-order valence-electron chi connectivity index (χ2n) is 6.78. The predicted octanol–water partition coefficient (Wildman–Crippen LogP) is 3.68. The van der Waals surface area contributed by atoms with Crippen LogP contribution >= 0.6 is 11.3 Å². The number of carbonyl (C=O) groups is 1. The molecule has 1 amide bonds. The van der Waals surface area contributed by atoms with Gasteiger partial charge in [-0.3, -0.25) is 9.59 Å². The molecule has 0 N–H and O–H groups in total. The van der Waals surface area contributed by atoms with Gasteiger partial charge in [-0.05, 0) is 30.3 Å². The van der Waals surface area contributed by atoms with Crippen LogP contribution in [-0.4, -0.2) is 20.3 Å². The summed E-state index contributed by atoms with van der Waals surface area (Å²) < 4.78 is 4.18. The van der Waals surface area contributed by atoms with E-state index in [0.717, 1.165) is 10.2 Å². The number of para-hydroxylation sites is 2. The van der Waals surface area contributed by atoms with Gasteiger partial charge in [0, 0.05) is 12.4 Å². The van der Waals surface area contributed by atoms with E-state index >= 15 is 0 Å². The van der Waals surface area contributed by atoms with Gasteiger partial charge in [-0.25, -0.2) is 0 Å². The fourth-order valence-corrected chi connectivity index (χ4v) is 4.44. The Morgan fingerprint density at radius 3 is 2.33 bits per heavy atom. The van der Waals surface area contributed by atoms with Crippen molar-refractivity contribution in [3.63, 3.8) is 0 Å². The molecular formula is C23H16N4O2S. The van der Waals surface area contributed by atoms with E-state index in [1.54, 1.807) is 36.4 Å². The van der Waals surface area contributed by atoms with Gasteiger partial charge in [0.25, 0.3) is 5.56 Å². The molecule has 7 heteroatoms. The van der Waals surface area contributed by atoms with E-state index in [9.17, 15) is 9.59 Å². The minimum absolute atomic E-state index is 0.145. The summed E-state index contributed by atoms with van der Waals surface area (Å²) >= 11 is 1.44. The Kier molecular flexibility index (Phi) is 4.37. The van der Waals surface area contributed by atoms with Gasteiger partial charge >= 0.3 is 5.91 Å². The lowest BCUT2D eigenvalue weighted by Gasteiger charge is -2.09. The third-order valence-electron chi connectivity index (χ3n) is 4.92. The Hall–Kier alpha value is -3.84. The molecule has 0 aliphatic rings. The zero-order valence-electron chi connectivity index (χ0n) is 16.0. The molecule has 6 nitrogen and oxygen atoms in total. The maximum atomic E-state index is 13.2. The second kappa shape index (κ2) is 7.20. The number of benzene rings is 3. The van der Waals surface area contributed by atoms with Crippen LogP contribution in [0.5, 0.6) is 0 Å². The van der Waals surface area contributed by atoms with Crippen molar-refractivity contribution in [1.82, 2.24) is 14.3 Å². The Morgan fingerprint density at radius 2 is 1.57 bits per heavy atom. The summed E-state index contributed by atoms with van der Waals surface area (Å²) in [4.78, 5) is 31.1. The molecule has 0 bridgehead atoms. The van der Waals surface area contributed by atoms with E-state index in [4.69, 9.17) is 0 Å². The number of rotatable bonds is 2. The number of hydrogen-bond donors (Lipinski definition) is 0. The maximum absolute atomic E-state index is 13.2. The fourth-order valence-electron chi connectivity index (χ4n) is 3.42. The van der Waals surface area contributed by atoms with Gasteiger partial charge in [0.2, 0.25) is 0 Å². The van der Waals surface area contributed by atoms with Crippen molar-refractivity contribution in [2.45, 2.75) is 0 Å². The van der Waals surface area contributed by atoms with Crippen LogP contribution in [0.2, 0.25) is 0 Å². The molecule has 5 aromatic rings. The molecule has 30 heavy (non-hydrogen) atoms. The van der Waals surface area contributed by atoms with Gasteiger partial charge < -0.3 is 4.57 Å². The monoisotopic (exact) mass is 412 g/mol. The zero-order chi connectivity index (χ0) is 20.7. The number of fused-ring (bicyclic) bond motifs is 2. The van der Waals surface area contributed by atoms with Crippen molar-refractivity contribution in [2.24, 2.45) is 12.0 Å². The van der Waals surface area contributed by atoms with Crippen molar-refractivity contribution >= 4 is 38.2 Å². The summed E-state index contributed by atoms with van der Waals surface area (Å²) in [5, 5.41) is 5.33. The van der Waals surface area contributed by atoms with Crippen LogP contribution in [0.1, 0.15) is 10.5 Å². The van der Waals surface area contributed by atoms with Gasteiger partial charge in [-0.2, -0.15) is 14.8 Å². The highest BCUT2D eigenvalue weighted by Crippen LogP contribution is 2.18. The third kappa shape index (κ3) is 2.96. The highest BCUT2D eigenvalue weighted by atomic mass is 32.1.